The van der Waals surface area contributed by atoms with Crippen LogP contribution in [0.25, 0.3) is 11.1 Å². The highest BCUT2D eigenvalue weighted by Gasteiger charge is 2.38. The molecule has 0 saturated heterocycles. The van der Waals surface area contributed by atoms with Crippen LogP contribution in [0.1, 0.15) is 78.6 Å². The van der Waals surface area contributed by atoms with Crippen molar-refractivity contribution in [2.24, 2.45) is 0 Å². The van der Waals surface area contributed by atoms with Crippen molar-refractivity contribution in [1.82, 2.24) is 9.97 Å². The molecule has 6 rings (SSSR count). The lowest BCUT2D eigenvalue weighted by Crippen LogP contribution is -2.10. The molecule has 1 aliphatic rings. The van der Waals surface area contributed by atoms with Crippen molar-refractivity contribution in [3.8, 4) is 11.1 Å². The fraction of sp³-hybridized carbons (Fsp3) is 0.200. The number of aromatic amines is 2. The van der Waals surface area contributed by atoms with Crippen LogP contribution in [0.4, 0.5) is 0 Å². The van der Waals surface area contributed by atoms with Crippen molar-refractivity contribution in [2.45, 2.75) is 46.3 Å². The van der Waals surface area contributed by atoms with Crippen LogP contribution in [-0.4, -0.2) is 21.9 Å². The van der Waals surface area contributed by atoms with Crippen LogP contribution in [0, 0.1) is 13.8 Å². The van der Waals surface area contributed by atoms with E-state index in [1.54, 1.807) is 0 Å². The van der Waals surface area contributed by atoms with Gasteiger partial charge < -0.3 is 19.4 Å². The van der Waals surface area contributed by atoms with Crippen LogP contribution in [0.3, 0.4) is 0 Å². The summed E-state index contributed by atoms with van der Waals surface area (Å²) >= 11 is 0. The van der Waals surface area contributed by atoms with Gasteiger partial charge in [0.15, 0.2) is 0 Å². The van der Waals surface area contributed by atoms with Crippen molar-refractivity contribution < 1.29 is 19.1 Å². The molecule has 5 aromatic rings. The molecule has 0 aliphatic heterocycles. The first-order chi connectivity index (χ1) is 20.0. The average molecular weight is 545 g/mol. The Bertz CT molecular complexity index is 1730. The molecule has 1 aliphatic carbocycles. The molecule has 6 heteroatoms. The predicted molar refractivity (Wildman–Crippen MR) is 158 cm³/mol. The number of H-pyrrole nitrogens is 2. The number of benzene rings is 3. The highest BCUT2D eigenvalue weighted by atomic mass is 16.5. The standard InChI is InChI=1S/C35H32N2O4/c1-4-25-21(2)30(34(38)40-19-23-13-7-5-8-14-23)36-32(25)29-27-18-12-11-17-26(27)28-22(3)31(37-33(28)29)35(39)41-20-24-15-9-6-10-16-24/h5-18,29,36-37H,4,19-20H2,1-3H3. The highest BCUT2D eigenvalue weighted by molar-refractivity contribution is 5.95. The first kappa shape index (κ1) is 26.4. The Morgan fingerprint density at radius 1 is 0.683 bits per heavy atom. The Labute approximate surface area is 239 Å². The molecule has 0 spiro atoms. The van der Waals surface area contributed by atoms with Crippen LogP contribution in [-0.2, 0) is 29.1 Å². The molecule has 2 heterocycles. The molecule has 1 atom stereocenters. The molecule has 0 saturated carbocycles. The minimum atomic E-state index is -0.388. The molecule has 6 nitrogen and oxygen atoms in total. The van der Waals surface area contributed by atoms with Gasteiger partial charge in [0.25, 0.3) is 0 Å². The number of fused-ring (bicyclic) bond motifs is 3. The van der Waals surface area contributed by atoms with Gasteiger partial charge in [-0.1, -0.05) is 91.9 Å². The van der Waals surface area contributed by atoms with Crippen LogP contribution in [0.5, 0.6) is 0 Å². The van der Waals surface area contributed by atoms with E-state index in [-0.39, 0.29) is 31.1 Å². The number of esters is 2. The maximum Gasteiger partial charge on any atom is 0.355 e. The van der Waals surface area contributed by atoms with E-state index in [0.717, 1.165) is 62.3 Å². The van der Waals surface area contributed by atoms with Gasteiger partial charge >= 0.3 is 11.9 Å². The summed E-state index contributed by atoms with van der Waals surface area (Å²) in [4.78, 5) is 33.4. The third kappa shape index (κ3) is 4.76. The molecular formula is C35H32N2O4. The summed E-state index contributed by atoms with van der Waals surface area (Å²) in [5.41, 5.74) is 10.7. The minimum Gasteiger partial charge on any atom is -0.456 e. The van der Waals surface area contributed by atoms with Gasteiger partial charge in [-0.25, -0.2) is 9.59 Å². The lowest BCUT2D eigenvalue weighted by atomic mass is 9.92. The summed E-state index contributed by atoms with van der Waals surface area (Å²) in [5, 5.41) is 0. The van der Waals surface area contributed by atoms with Gasteiger partial charge in [0.1, 0.15) is 24.6 Å². The zero-order valence-corrected chi connectivity index (χ0v) is 23.4. The Kier molecular flexibility index (Phi) is 7.06. The molecule has 0 fully saturated rings. The molecule has 0 radical (unpaired) electrons. The molecule has 0 bridgehead atoms. The number of aromatic nitrogens is 2. The van der Waals surface area contributed by atoms with Gasteiger partial charge in [-0.05, 0) is 59.2 Å². The van der Waals surface area contributed by atoms with E-state index in [1.807, 2.05) is 86.6 Å². The van der Waals surface area contributed by atoms with Crippen molar-refractivity contribution in [3.63, 3.8) is 0 Å². The van der Waals surface area contributed by atoms with E-state index in [2.05, 4.69) is 29.0 Å². The summed E-state index contributed by atoms with van der Waals surface area (Å²) in [5.74, 6) is -0.966. The van der Waals surface area contributed by atoms with Gasteiger partial charge in [0, 0.05) is 17.0 Å². The molecular weight excluding hydrogens is 512 g/mol. The van der Waals surface area contributed by atoms with E-state index in [9.17, 15) is 9.59 Å². The van der Waals surface area contributed by atoms with Crippen molar-refractivity contribution in [1.29, 1.82) is 0 Å². The zero-order chi connectivity index (χ0) is 28.5. The molecule has 2 N–H and O–H groups in total. The third-order valence-corrected chi connectivity index (χ3v) is 8.00. The van der Waals surface area contributed by atoms with E-state index in [1.165, 1.54) is 0 Å². The second-order valence-electron chi connectivity index (χ2n) is 10.4. The van der Waals surface area contributed by atoms with Gasteiger partial charge in [0.05, 0.1) is 5.92 Å². The average Bonchev–Trinajstić information content (AvgIpc) is 3.63. The molecule has 206 valence electrons. The van der Waals surface area contributed by atoms with Crippen LogP contribution >= 0.6 is 0 Å². The molecule has 3 aromatic carbocycles. The second-order valence-corrected chi connectivity index (χ2v) is 10.4. The minimum absolute atomic E-state index is 0.195. The largest absolute Gasteiger partial charge is 0.456 e. The third-order valence-electron chi connectivity index (χ3n) is 8.00. The van der Waals surface area contributed by atoms with E-state index < -0.39 is 0 Å². The first-order valence-electron chi connectivity index (χ1n) is 13.9. The van der Waals surface area contributed by atoms with Gasteiger partial charge in [-0.2, -0.15) is 0 Å². The topological polar surface area (TPSA) is 84.2 Å². The monoisotopic (exact) mass is 544 g/mol. The Hall–Kier alpha value is -4.84. The lowest BCUT2D eigenvalue weighted by Gasteiger charge is -2.15. The summed E-state index contributed by atoms with van der Waals surface area (Å²) in [6.07, 6.45) is 0.739. The molecule has 1 unspecified atom stereocenters. The van der Waals surface area contributed by atoms with Crippen molar-refractivity contribution in [3.05, 3.63) is 141 Å². The number of ether oxygens (including phenoxy) is 2. The number of carbonyl (C=O) groups is 2. The Balaban J connectivity index is 1.36. The lowest BCUT2D eigenvalue weighted by molar-refractivity contribution is 0.0457. The Morgan fingerprint density at radius 2 is 1.20 bits per heavy atom. The second kappa shape index (κ2) is 11.0. The number of nitrogens with one attached hydrogen (secondary N) is 2. The SMILES string of the molecule is CCc1c(C2c3ccccc3-c3c2[nH]c(C(=O)OCc2ccccc2)c3C)[nH]c(C(=O)OCc2ccccc2)c1C. The first-order valence-corrected chi connectivity index (χ1v) is 13.9. The number of hydrogen-bond acceptors (Lipinski definition) is 4. The fourth-order valence-corrected chi connectivity index (χ4v) is 5.97. The summed E-state index contributed by atoms with van der Waals surface area (Å²) in [7, 11) is 0. The number of rotatable bonds is 8. The maximum absolute atomic E-state index is 13.2. The summed E-state index contributed by atoms with van der Waals surface area (Å²) in [6.45, 7) is 6.42. The molecule has 41 heavy (non-hydrogen) atoms. The summed E-state index contributed by atoms with van der Waals surface area (Å²) < 4.78 is 11.4. The molecule has 0 amide bonds. The number of hydrogen-bond donors (Lipinski definition) is 2. The highest BCUT2D eigenvalue weighted by Crippen LogP contribution is 2.50. The molecule has 2 aromatic heterocycles. The number of carbonyl (C=O) groups excluding carboxylic acids is 2. The van der Waals surface area contributed by atoms with Crippen LogP contribution < -0.4 is 0 Å². The van der Waals surface area contributed by atoms with Crippen molar-refractivity contribution >= 4 is 11.9 Å². The summed E-state index contributed by atoms with van der Waals surface area (Å²) in [6, 6.07) is 27.6. The quantitative estimate of drug-likeness (QED) is 0.196. The van der Waals surface area contributed by atoms with E-state index >= 15 is 0 Å². The van der Waals surface area contributed by atoms with E-state index in [4.69, 9.17) is 9.47 Å². The predicted octanol–water partition coefficient (Wildman–Crippen LogP) is 7.40. The van der Waals surface area contributed by atoms with Gasteiger partial charge in [0.2, 0.25) is 0 Å². The van der Waals surface area contributed by atoms with E-state index in [0.29, 0.717) is 11.4 Å². The smallest absolute Gasteiger partial charge is 0.355 e. The zero-order valence-electron chi connectivity index (χ0n) is 23.4. The van der Waals surface area contributed by atoms with Crippen LogP contribution in [0.2, 0.25) is 0 Å². The van der Waals surface area contributed by atoms with Crippen LogP contribution in [0.15, 0.2) is 84.9 Å². The fourth-order valence-electron chi connectivity index (χ4n) is 5.97. The Morgan fingerprint density at radius 3 is 1.78 bits per heavy atom. The van der Waals surface area contributed by atoms with Gasteiger partial charge in [-0.15, -0.1) is 0 Å². The normalized spacial score (nSPS) is 13.5. The van der Waals surface area contributed by atoms with Crippen molar-refractivity contribution in [2.75, 3.05) is 0 Å². The van der Waals surface area contributed by atoms with Gasteiger partial charge in [-0.3, -0.25) is 0 Å². The maximum atomic E-state index is 13.2.